The molecule has 0 unspecified atom stereocenters. The van der Waals surface area contributed by atoms with Gasteiger partial charge >= 0.3 is 0 Å². The number of ether oxygens (including phenoxy) is 1. The van der Waals surface area contributed by atoms with Crippen LogP contribution >= 0.6 is 0 Å². The van der Waals surface area contributed by atoms with Gasteiger partial charge in [0, 0.05) is 11.3 Å². The lowest BCUT2D eigenvalue weighted by Crippen LogP contribution is -2.22. The number of fused-ring (bicyclic) bond motifs is 1. The lowest BCUT2D eigenvalue weighted by Gasteiger charge is -2.13. The van der Waals surface area contributed by atoms with Gasteiger partial charge in [0.25, 0.3) is 0 Å². The first-order chi connectivity index (χ1) is 9.74. The number of imidazole rings is 1. The molecule has 0 amide bonds. The van der Waals surface area contributed by atoms with E-state index in [0.29, 0.717) is 17.6 Å². The lowest BCUT2D eigenvalue weighted by atomic mass is 10.1. The number of aliphatic hydroxyl groups is 1. The van der Waals surface area contributed by atoms with Crippen LogP contribution in [0, 0.1) is 0 Å². The number of aromatic nitrogens is 4. The number of nitrogens with zero attached hydrogens (tertiary/aromatic N) is 7. The number of hydrogen-bond acceptors (Lipinski definition) is 7. The molecule has 0 aromatic carbocycles. The average Bonchev–Trinajstić information content (AvgIpc) is 3.03. The summed E-state index contributed by atoms with van der Waals surface area (Å²) >= 11 is 0. The normalized spacial score (nSPS) is 25.8. The fraction of sp³-hybridized carbons (Fsp3) is 0.500. The van der Waals surface area contributed by atoms with Crippen LogP contribution in [0.3, 0.4) is 0 Å². The summed E-state index contributed by atoms with van der Waals surface area (Å²) in [5, 5.41) is 12.9. The molecule has 1 saturated heterocycles. The van der Waals surface area contributed by atoms with Gasteiger partial charge in [-0.05, 0) is 5.53 Å². The Morgan fingerprint density at radius 1 is 1.55 bits per heavy atom. The number of hydrogen-bond donors (Lipinski definition) is 2. The Kier molecular flexibility index (Phi) is 3.11. The van der Waals surface area contributed by atoms with Crippen LogP contribution in [0.25, 0.3) is 21.6 Å². The van der Waals surface area contributed by atoms with E-state index in [4.69, 9.17) is 16.0 Å². The molecule has 0 aliphatic carbocycles. The minimum Gasteiger partial charge on any atom is -0.394 e. The molecule has 1 aliphatic heterocycles. The van der Waals surface area contributed by atoms with Gasteiger partial charge in [-0.2, -0.15) is 0 Å². The Bertz CT molecular complexity index is 679. The van der Waals surface area contributed by atoms with Crippen molar-refractivity contribution < 1.29 is 9.84 Å². The van der Waals surface area contributed by atoms with E-state index in [9.17, 15) is 5.11 Å². The Morgan fingerprint density at radius 2 is 2.40 bits per heavy atom. The highest BCUT2D eigenvalue weighted by molar-refractivity contribution is 5.81. The van der Waals surface area contributed by atoms with Gasteiger partial charge in [-0.1, -0.05) is 5.11 Å². The topological polar surface area (TPSA) is 148 Å². The zero-order valence-corrected chi connectivity index (χ0v) is 10.4. The van der Waals surface area contributed by atoms with Crippen molar-refractivity contribution in [1.82, 2.24) is 19.5 Å². The maximum atomic E-state index is 9.26. The van der Waals surface area contributed by atoms with Crippen LogP contribution < -0.4 is 5.73 Å². The summed E-state index contributed by atoms with van der Waals surface area (Å²) in [6.07, 6.45) is 2.38. The first kappa shape index (κ1) is 12.6. The van der Waals surface area contributed by atoms with Gasteiger partial charge in [0.1, 0.15) is 18.1 Å². The number of nitrogen functional groups attached to an aromatic ring is 1. The maximum absolute atomic E-state index is 9.26. The Hall–Kier alpha value is -2.42. The highest BCUT2D eigenvalue weighted by Crippen LogP contribution is 2.32. The molecular formula is C10H12N8O2. The van der Waals surface area contributed by atoms with Crippen LogP contribution in [-0.2, 0) is 4.74 Å². The van der Waals surface area contributed by atoms with E-state index in [1.54, 1.807) is 10.9 Å². The van der Waals surface area contributed by atoms with Crippen molar-refractivity contribution in [3.05, 3.63) is 23.1 Å². The predicted octanol–water partition coefficient (Wildman–Crippen LogP) is 0.367. The molecule has 0 saturated carbocycles. The first-order valence-electron chi connectivity index (χ1n) is 5.98. The second-order valence-electron chi connectivity index (χ2n) is 4.40. The van der Waals surface area contributed by atoms with Crippen molar-refractivity contribution in [2.45, 2.75) is 24.8 Å². The molecule has 3 N–H and O–H groups in total. The van der Waals surface area contributed by atoms with Crippen LogP contribution in [0.15, 0.2) is 17.8 Å². The predicted molar refractivity (Wildman–Crippen MR) is 68.3 cm³/mol. The standard InChI is InChI=1S/C10H12N8O2/c11-9-8-10(14-3-13-9)18(4-15-8)7-1-5(16-17-12)6(2-19)20-7/h3-7,19H,1-2H2,(H2,11,13,14)/t5-,6+,7+/m1/s1. The highest BCUT2D eigenvalue weighted by atomic mass is 16.5. The van der Waals surface area contributed by atoms with Crippen molar-refractivity contribution in [3.8, 4) is 0 Å². The van der Waals surface area contributed by atoms with Crippen molar-refractivity contribution in [2.24, 2.45) is 5.11 Å². The smallest absolute Gasteiger partial charge is 0.167 e. The quantitative estimate of drug-likeness (QED) is 0.470. The molecule has 3 atom stereocenters. The van der Waals surface area contributed by atoms with E-state index in [2.05, 4.69) is 25.0 Å². The van der Waals surface area contributed by atoms with E-state index in [-0.39, 0.29) is 12.4 Å². The molecule has 3 rings (SSSR count). The summed E-state index contributed by atoms with van der Waals surface area (Å²) < 4.78 is 7.37. The van der Waals surface area contributed by atoms with Gasteiger partial charge in [-0.25, -0.2) is 15.0 Å². The van der Waals surface area contributed by atoms with E-state index >= 15 is 0 Å². The zero-order valence-electron chi connectivity index (χ0n) is 10.4. The molecule has 0 bridgehead atoms. The summed E-state index contributed by atoms with van der Waals surface area (Å²) in [6.45, 7) is -0.218. The third-order valence-electron chi connectivity index (χ3n) is 3.28. The summed E-state index contributed by atoms with van der Waals surface area (Å²) in [5.74, 6) is 0.289. The molecule has 10 heteroatoms. The van der Waals surface area contributed by atoms with Gasteiger partial charge in [-0.3, -0.25) is 4.57 Å². The number of aliphatic hydroxyl groups excluding tert-OH is 1. The van der Waals surface area contributed by atoms with Crippen LogP contribution in [0.4, 0.5) is 5.82 Å². The van der Waals surface area contributed by atoms with Gasteiger partial charge in [0.05, 0.1) is 25.1 Å². The Morgan fingerprint density at radius 3 is 3.15 bits per heavy atom. The number of anilines is 1. The van der Waals surface area contributed by atoms with Gasteiger partial charge < -0.3 is 15.6 Å². The maximum Gasteiger partial charge on any atom is 0.167 e. The van der Waals surface area contributed by atoms with E-state index < -0.39 is 18.4 Å². The van der Waals surface area contributed by atoms with Crippen LogP contribution in [0.2, 0.25) is 0 Å². The van der Waals surface area contributed by atoms with Crippen molar-refractivity contribution >= 4 is 17.0 Å². The first-order valence-corrected chi connectivity index (χ1v) is 5.98. The van der Waals surface area contributed by atoms with Crippen molar-refractivity contribution in [2.75, 3.05) is 12.3 Å². The third-order valence-corrected chi connectivity index (χ3v) is 3.28. The van der Waals surface area contributed by atoms with Gasteiger partial charge in [0.2, 0.25) is 0 Å². The molecule has 2 aromatic rings. The second-order valence-corrected chi connectivity index (χ2v) is 4.40. The summed E-state index contributed by atoms with van der Waals surface area (Å²) in [4.78, 5) is 14.9. The Balaban J connectivity index is 1.96. The van der Waals surface area contributed by atoms with Gasteiger partial charge in [-0.15, -0.1) is 0 Å². The molecule has 0 spiro atoms. The number of nitrogens with two attached hydrogens (primary N) is 1. The third kappa shape index (κ3) is 1.92. The highest BCUT2D eigenvalue weighted by Gasteiger charge is 2.36. The molecular weight excluding hydrogens is 264 g/mol. The van der Waals surface area contributed by atoms with E-state index in [1.807, 2.05) is 0 Å². The van der Waals surface area contributed by atoms with Crippen molar-refractivity contribution in [3.63, 3.8) is 0 Å². The SMILES string of the molecule is [N-]=[N+]=N[C@@H]1C[C@@H](n2cnc3c(N)ncnc32)O[C@H]1CO. The molecule has 2 aromatic heterocycles. The minimum absolute atomic E-state index is 0.218. The van der Waals surface area contributed by atoms with Gasteiger partial charge in [0.15, 0.2) is 11.5 Å². The minimum atomic E-state index is -0.535. The molecule has 3 heterocycles. The van der Waals surface area contributed by atoms with E-state index in [1.165, 1.54) is 6.33 Å². The largest absolute Gasteiger partial charge is 0.394 e. The van der Waals surface area contributed by atoms with Crippen molar-refractivity contribution in [1.29, 1.82) is 0 Å². The molecule has 1 fully saturated rings. The molecule has 10 nitrogen and oxygen atoms in total. The van der Waals surface area contributed by atoms with Crippen LogP contribution in [0.5, 0.6) is 0 Å². The summed E-state index contributed by atoms with van der Waals surface area (Å²) in [7, 11) is 0. The summed E-state index contributed by atoms with van der Waals surface area (Å²) in [5.41, 5.74) is 15.3. The molecule has 0 radical (unpaired) electrons. The molecule has 104 valence electrons. The lowest BCUT2D eigenvalue weighted by molar-refractivity contribution is -0.0233. The number of azide groups is 1. The van der Waals surface area contributed by atoms with E-state index in [0.717, 1.165) is 0 Å². The molecule has 1 aliphatic rings. The average molecular weight is 276 g/mol. The second kappa shape index (κ2) is 4.93. The number of rotatable bonds is 3. The fourth-order valence-corrected chi connectivity index (χ4v) is 2.32. The van der Waals surface area contributed by atoms with Crippen LogP contribution in [0.1, 0.15) is 12.6 Å². The van der Waals surface area contributed by atoms with Crippen LogP contribution in [-0.4, -0.2) is 43.4 Å². The Labute approximate surface area is 112 Å². The molecule has 20 heavy (non-hydrogen) atoms. The fourth-order valence-electron chi connectivity index (χ4n) is 2.32. The zero-order chi connectivity index (χ0) is 14.1. The monoisotopic (exact) mass is 276 g/mol. The summed E-state index contributed by atoms with van der Waals surface area (Å²) in [6, 6.07) is -0.424.